The predicted molar refractivity (Wildman–Crippen MR) is 84.6 cm³/mol. The van der Waals surface area contributed by atoms with Gasteiger partial charge in [-0.05, 0) is 26.0 Å². The number of benzene rings is 1. The van der Waals surface area contributed by atoms with Crippen molar-refractivity contribution in [1.29, 1.82) is 5.26 Å². The van der Waals surface area contributed by atoms with Crippen LogP contribution in [0.2, 0.25) is 0 Å². The lowest BCUT2D eigenvalue weighted by atomic mass is 10.1. The second-order valence-corrected chi connectivity index (χ2v) is 5.31. The molecule has 7 heteroatoms. The van der Waals surface area contributed by atoms with E-state index in [4.69, 9.17) is 4.74 Å². The molecule has 0 aliphatic rings. The summed E-state index contributed by atoms with van der Waals surface area (Å²) < 4.78 is 35.3. The maximum absolute atomic E-state index is 12.7. The first-order valence-corrected chi connectivity index (χ1v) is 7.68. The van der Waals surface area contributed by atoms with E-state index < -0.39 is 6.61 Å². The van der Waals surface area contributed by atoms with Gasteiger partial charge in [0.05, 0.1) is 12.2 Å². The van der Waals surface area contributed by atoms with Gasteiger partial charge < -0.3 is 9.47 Å². The van der Waals surface area contributed by atoms with Gasteiger partial charge >= 0.3 is 6.61 Å². The fourth-order valence-corrected chi connectivity index (χ4v) is 2.67. The number of para-hydroxylation sites is 1. The van der Waals surface area contributed by atoms with Gasteiger partial charge in [-0.15, -0.1) is 11.3 Å². The molecule has 0 saturated heterocycles. The number of hydrogen-bond donors (Lipinski definition) is 0. The van der Waals surface area contributed by atoms with Gasteiger partial charge in [0.15, 0.2) is 11.5 Å². The molecule has 1 aromatic heterocycles. The van der Waals surface area contributed by atoms with Crippen LogP contribution in [0.15, 0.2) is 23.6 Å². The van der Waals surface area contributed by atoms with Crippen LogP contribution >= 0.6 is 11.3 Å². The monoisotopic (exact) mass is 336 g/mol. The summed E-state index contributed by atoms with van der Waals surface area (Å²) in [6, 6.07) is 6.81. The normalized spacial score (nSPS) is 11.4. The van der Waals surface area contributed by atoms with Crippen LogP contribution in [0.4, 0.5) is 8.78 Å². The Bertz CT molecular complexity index is 751. The van der Waals surface area contributed by atoms with Crippen molar-refractivity contribution in [2.45, 2.75) is 20.5 Å². The van der Waals surface area contributed by atoms with Gasteiger partial charge in [-0.1, -0.05) is 12.1 Å². The van der Waals surface area contributed by atoms with Crippen molar-refractivity contribution in [3.63, 3.8) is 0 Å². The van der Waals surface area contributed by atoms with Crippen molar-refractivity contribution in [2.75, 3.05) is 6.61 Å². The number of aromatic nitrogens is 1. The molecule has 2 aromatic rings. The molecule has 2 rings (SSSR count). The summed E-state index contributed by atoms with van der Waals surface area (Å²) >= 11 is 1.31. The number of nitriles is 1. The maximum atomic E-state index is 12.7. The maximum Gasteiger partial charge on any atom is 0.387 e. The third-order valence-corrected chi connectivity index (χ3v) is 3.78. The van der Waals surface area contributed by atoms with E-state index in [1.54, 1.807) is 19.1 Å². The zero-order chi connectivity index (χ0) is 16.8. The fraction of sp³-hybridized carbons (Fsp3) is 0.250. The second kappa shape index (κ2) is 7.70. The third kappa shape index (κ3) is 4.27. The number of aryl methyl sites for hydroxylation is 1. The van der Waals surface area contributed by atoms with Crippen LogP contribution in [0.5, 0.6) is 11.5 Å². The Morgan fingerprint density at radius 3 is 2.83 bits per heavy atom. The molecule has 0 unspecified atom stereocenters. The molecule has 0 bridgehead atoms. The Labute approximate surface area is 136 Å². The van der Waals surface area contributed by atoms with Crippen LogP contribution in [0.3, 0.4) is 0 Å². The molecular weight excluding hydrogens is 322 g/mol. The Hall–Kier alpha value is -2.46. The number of allylic oxidation sites excluding steroid dienone is 1. The van der Waals surface area contributed by atoms with E-state index in [1.165, 1.54) is 23.5 Å². The third-order valence-electron chi connectivity index (χ3n) is 2.79. The van der Waals surface area contributed by atoms with Crippen LogP contribution < -0.4 is 9.47 Å². The van der Waals surface area contributed by atoms with Crippen LogP contribution in [0, 0.1) is 18.3 Å². The van der Waals surface area contributed by atoms with E-state index in [0.717, 1.165) is 5.69 Å². The van der Waals surface area contributed by atoms with Gasteiger partial charge in [0.25, 0.3) is 0 Å². The van der Waals surface area contributed by atoms with E-state index in [1.807, 2.05) is 18.4 Å². The van der Waals surface area contributed by atoms with E-state index in [-0.39, 0.29) is 17.1 Å². The smallest absolute Gasteiger partial charge is 0.387 e. The van der Waals surface area contributed by atoms with E-state index in [2.05, 4.69) is 9.72 Å². The average molecular weight is 336 g/mol. The lowest BCUT2D eigenvalue weighted by molar-refractivity contribution is -0.0515. The van der Waals surface area contributed by atoms with Gasteiger partial charge in [0.1, 0.15) is 11.1 Å². The minimum absolute atomic E-state index is 0.0922. The summed E-state index contributed by atoms with van der Waals surface area (Å²) in [5, 5.41) is 11.7. The van der Waals surface area contributed by atoms with Gasteiger partial charge in [-0.25, -0.2) is 4.98 Å². The average Bonchev–Trinajstić information content (AvgIpc) is 2.93. The van der Waals surface area contributed by atoms with E-state index >= 15 is 0 Å². The highest BCUT2D eigenvalue weighted by atomic mass is 32.1. The lowest BCUT2D eigenvalue weighted by Crippen LogP contribution is -2.06. The zero-order valence-electron chi connectivity index (χ0n) is 12.5. The van der Waals surface area contributed by atoms with Crippen LogP contribution in [-0.2, 0) is 0 Å². The minimum atomic E-state index is -2.99. The van der Waals surface area contributed by atoms with Crippen molar-refractivity contribution >= 4 is 23.0 Å². The van der Waals surface area contributed by atoms with E-state index in [0.29, 0.717) is 17.2 Å². The first-order valence-electron chi connectivity index (χ1n) is 6.80. The number of halogens is 2. The largest absolute Gasteiger partial charge is 0.490 e. The summed E-state index contributed by atoms with van der Waals surface area (Å²) in [5.41, 5.74) is 1.40. The van der Waals surface area contributed by atoms with Crippen LogP contribution in [0.25, 0.3) is 11.6 Å². The molecule has 0 saturated carbocycles. The Kier molecular flexibility index (Phi) is 5.66. The first-order chi connectivity index (χ1) is 11.0. The Balaban J connectivity index is 2.50. The highest BCUT2D eigenvalue weighted by Gasteiger charge is 2.16. The number of ether oxygens (including phenoxy) is 2. The number of thiazole rings is 1. The van der Waals surface area contributed by atoms with Gasteiger partial charge in [-0.3, -0.25) is 0 Å². The topological polar surface area (TPSA) is 55.1 Å². The standard InChI is InChI=1S/C16H14F2N2O2S/c1-3-21-13-6-4-5-11(14(13)22-16(17)18)7-12(8-19)15-20-10(2)9-23-15/h4-7,9,16H,3H2,1-2H3/b12-7+. The molecule has 0 aliphatic heterocycles. The molecule has 0 radical (unpaired) electrons. The molecular formula is C16H14F2N2O2S. The van der Waals surface area contributed by atoms with Crippen molar-refractivity contribution in [1.82, 2.24) is 4.98 Å². The molecule has 4 nitrogen and oxygen atoms in total. The summed E-state index contributed by atoms with van der Waals surface area (Å²) in [4.78, 5) is 4.23. The summed E-state index contributed by atoms with van der Waals surface area (Å²) in [5.74, 6) is 0.111. The fourth-order valence-electron chi connectivity index (χ4n) is 1.91. The molecule has 0 spiro atoms. The van der Waals surface area contributed by atoms with Crippen LogP contribution in [0.1, 0.15) is 23.2 Å². The first kappa shape index (κ1) is 16.9. The summed E-state index contributed by atoms with van der Waals surface area (Å²) in [6.07, 6.45) is 1.47. The van der Waals surface area contributed by atoms with E-state index in [9.17, 15) is 14.0 Å². The van der Waals surface area contributed by atoms with Gasteiger partial charge in [0, 0.05) is 16.6 Å². The van der Waals surface area contributed by atoms with Crippen molar-refractivity contribution in [2.24, 2.45) is 0 Å². The zero-order valence-corrected chi connectivity index (χ0v) is 13.4. The molecule has 0 fully saturated rings. The van der Waals surface area contributed by atoms with Crippen molar-refractivity contribution in [3.8, 4) is 17.6 Å². The number of nitrogens with zero attached hydrogens (tertiary/aromatic N) is 2. The van der Waals surface area contributed by atoms with Crippen molar-refractivity contribution < 1.29 is 18.3 Å². The highest BCUT2D eigenvalue weighted by molar-refractivity contribution is 7.11. The molecule has 1 heterocycles. The van der Waals surface area contributed by atoms with Gasteiger partial charge in [0.2, 0.25) is 0 Å². The Morgan fingerprint density at radius 2 is 2.26 bits per heavy atom. The highest BCUT2D eigenvalue weighted by Crippen LogP contribution is 2.35. The quantitative estimate of drug-likeness (QED) is 0.728. The predicted octanol–water partition coefficient (Wildman–Crippen LogP) is 4.52. The molecule has 120 valence electrons. The minimum Gasteiger partial charge on any atom is -0.490 e. The molecule has 0 amide bonds. The lowest BCUT2D eigenvalue weighted by Gasteiger charge is -2.13. The second-order valence-electron chi connectivity index (χ2n) is 4.45. The molecule has 0 N–H and O–H groups in total. The number of alkyl halides is 2. The van der Waals surface area contributed by atoms with Crippen LogP contribution in [-0.4, -0.2) is 18.2 Å². The molecule has 23 heavy (non-hydrogen) atoms. The van der Waals surface area contributed by atoms with Crippen molar-refractivity contribution in [3.05, 3.63) is 39.8 Å². The van der Waals surface area contributed by atoms with Gasteiger partial charge in [-0.2, -0.15) is 14.0 Å². The summed E-state index contributed by atoms with van der Waals surface area (Å²) in [7, 11) is 0. The SMILES string of the molecule is CCOc1cccc(/C=C(\C#N)c2nc(C)cs2)c1OC(F)F. The Morgan fingerprint density at radius 1 is 1.48 bits per heavy atom. The molecule has 1 aromatic carbocycles. The molecule has 0 atom stereocenters. The number of hydrogen-bond acceptors (Lipinski definition) is 5. The number of rotatable bonds is 6. The molecule has 0 aliphatic carbocycles. The summed E-state index contributed by atoms with van der Waals surface area (Å²) in [6.45, 7) is 0.879.